The minimum atomic E-state index is -0.576. The first kappa shape index (κ1) is 15.7. The summed E-state index contributed by atoms with van der Waals surface area (Å²) >= 11 is 0. The average molecular weight is 320 g/mol. The van der Waals surface area contributed by atoms with E-state index in [1.54, 1.807) is 0 Å². The van der Waals surface area contributed by atoms with Gasteiger partial charge in [0.05, 0.1) is 5.56 Å². The van der Waals surface area contributed by atoms with Crippen molar-refractivity contribution >= 4 is 17.6 Å². The van der Waals surface area contributed by atoms with Crippen molar-refractivity contribution in [2.24, 2.45) is 5.92 Å². The maximum absolute atomic E-state index is 14.1. The Kier molecular flexibility index (Phi) is 4.47. The summed E-state index contributed by atoms with van der Waals surface area (Å²) < 4.78 is 14.1. The molecule has 0 aromatic heterocycles. The van der Waals surface area contributed by atoms with Crippen LogP contribution in [-0.4, -0.2) is 44.2 Å². The summed E-state index contributed by atoms with van der Waals surface area (Å²) in [5, 5.41) is 8.87. The first-order valence-corrected chi connectivity index (χ1v) is 7.93. The van der Waals surface area contributed by atoms with Crippen molar-refractivity contribution in [3.8, 4) is 0 Å². The number of carbonyl (C=O) groups excluding carboxylic acids is 2. The third-order valence-corrected chi connectivity index (χ3v) is 4.46. The van der Waals surface area contributed by atoms with E-state index in [0.717, 1.165) is 19.5 Å². The van der Waals surface area contributed by atoms with Gasteiger partial charge >= 0.3 is 6.03 Å². The molecule has 2 aliphatic heterocycles. The zero-order valence-electron chi connectivity index (χ0n) is 13.1. The van der Waals surface area contributed by atoms with E-state index in [-0.39, 0.29) is 17.6 Å². The fraction of sp³-hybridized carbons (Fsp3) is 0.500. The molecule has 0 spiro atoms. The average Bonchev–Trinajstić information content (AvgIpc) is 2.96. The molecule has 7 heteroatoms. The van der Waals surface area contributed by atoms with Crippen LogP contribution in [0.4, 0.5) is 14.9 Å². The lowest BCUT2D eigenvalue weighted by atomic mass is 9.95. The van der Waals surface area contributed by atoms with Gasteiger partial charge in [-0.3, -0.25) is 9.69 Å². The molecule has 1 aromatic carbocycles. The van der Waals surface area contributed by atoms with Crippen LogP contribution in [0.25, 0.3) is 0 Å². The van der Waals surface area contributed by atoms with Crippen molar-refractivity contribution in [3.63, 3.8) is 0 Å². The summed E-state index contributed by atoms with van der Waals surface area (Å²) in [4.78, 5) is 25.7. The molecule has 3 rings (SSSR count). The van der Waals surface area contributed by atoms with Crippen molar-refractivity contribution in [2.45, 2.75) is 19.4 Å². The number of amides is 3. The molecule has 3 amide bonds. The number of hydrogen-bond acceptors (Lipinski definition) is 3. The SMILES string of the molecule is CC1CNCCC1NC(=O)c1cc(N2CCNC2=O)ccc1F. The largest absolute Gasteiger partial charge is 0.349 e. The van der Waals surface area contributed by atoms with Crippen LogP contribution in [-0.2, 0) is 0 Å². The molecule has 2 aliphatic rings. The fourth-order valence-electron chi connectivity index (χ4n) is 3.05. The number of hydrogen-bond donors (Lipinski definition) is 3. The predicted octanol–water partition coefficient (Wildman–Crippen LogP) is 1.08. The van der Waals surface area contributed by atoms with Crippen LogP contribution in [0, 0.1) is 11.7 Å². The second-order valence-corrected chi connectivity index (χ2v) is 6.10. The van der Waals surface area contributed by atoms with Crippen LogP contribution in [0.1, 0.15) is 23.7 Å². The van der Waals surface area contributed by atoms with Gasteiger partial charge in [-0.25, -0.2) is 9.18 Å². The van der Waals surface area contributed by atoms with E-state index in [0.29, 0.717) is 24.7 Å². The Morgan fingerprint density at radius 1 is 1.39 bits per heavy atom. The lowest BCUT2D eigenvalue weighted by Crippen LogP contribution is -2.48. The highest BCUT2D eigenvalue weighted by Gasteiger charge is 2.26. The van der Waals surface area contributed by atoms with Gasteiger partial charge in [-0.05, 0) is 43.6 Å². The van der Waals surface area contributed by atoms with E-state index in [2.05, 4.69) is 22.9 Å². The summed E-state index contributed by atoms with van der Waals surface area (Å²) in [6.45, 7) is 4.78. The molecule has 2 fully saturated rings. The Bertz CT molecular complexity index is 622. The quantitative estimate of drug-likeness (QED) is 0.780. The highest BCUT2D eigenvalue weighted by Crippen LogP contribution is 2.21. The topological polar surface area (TPSA) is 73.5 Å². The van der Waals surface area contributed by atoms with Crippen molar-refractivity contribution in [1.29, 1.82) is 0 Å². The Morgan fingerprint density at radius 3 is 2.91 bits per heavy atom. The molecule has 2 unspecified atom stereocenters. The number of nitrogens with zero attached hydrogens (tertiary/aromatic N) is 1. The van der Waals surface area contributed by atoms with E-state index < -0.39 is 11.7 Å². The number of nitrogens with one attached hydrogen (secondary N) is 3. The molecule has 0 radical (unpaired) electrons. The summed E-state index contributed by atoms with van der Waals surface area (Å²) in [6, 6.07) is 4.00. The summed E-state index contributed by atoms with van der Waals surface area (Å²) in [7, 11) is 0. The number of anilines is 1. The second-order valence-electron chi connectivity index (χ2n) is 6.10. The number of benzene rings is 1. The molecule has 124 valence electrons. The molecular formula is C16H21FN4O2. The Hall–Kier alpha value is -2.15. The number of halogens is 1. The standard InChI is InChI=1S/C16H21FN4O2/c1-10-9-18-5-4-14(10)20-15(22)12-8-11(2-3-13(12)17)21-7-6-19-16(21)23/h2-3,8,10,14,18H,4-7,9H2,1H3,(H,19,23)(H,20,22). The minimum absolute atomic E-state index is 0.0204. The number of piperidine rings is 1. The van der Waals surface area contributed by atoms with Crippen LogP contribution in [0.15, 0.2) is 18.2 Å². The lowest BCUT2D eigenvalue weighted by Gasteiger charge is -2.30. The fourth-order valence-corrected chi connectivity index (χ4v) is 3.05. The highest BCUT2D eigenvalue weighted by atomic mass is 19.1. The molecule has 2 saturated heterocycles. The summed E-state index contributed by atoms with van der Waals surface area (Å²) in [5.74, 6) is -0.710. The highest BCUT2D eigenvalue weighted by molar-refractivity contribution is 5.98. The Balaban J connectivity index is 1.78. The molecule has 23 heavy (non-hydrogen) atoms. The zero-order chi connectivity index (χ0) is 16.4. The molecule has 6 nitrogen and oxygen atoms in total. The van der Waals surface area contributed by atoms with Crippen LogP contribution >= 0.6 is 0 Å². The number of carbonyl (C=O) groups is 2. The monoisotopic (exact) mass is 320 g/mol. The first-order chi connectivity index (χ1) is 11.1. The molecule has 2 atom stereocenters. The summed E-state index contributed by atoms with van der Waals surface area (Å²) in [5.41, 5.74) is 0.512. The van der Waals surface area contributed by atoms with Gasteiger partial charge in [0.15, 0.2) is 0 Å². The molecule has 0 aliphatic carbocycles. The molecular weight excluding hydrogens is 299 g/mol. The summed E-state index contributed by atoms with van der Waals surface area (Å²) in [6.07, 6.45) is 0.822. The first-order valence-electron chi connectivity index (χ1n) is 7.93. The van der Waals surface area contributed by atoms with E-state index in [1.807, 2.05) is 0 Å². The van der Waals surface area contributed by atoms with Crippen molar-refractivity contribution in [3.05, 3.63) is 29.6 Å². The number of rotatable bonds is 3. The van der Waals surface area contributed by atoms with Gasteiger partial charge in [-0.15, -0.1) is 0 Å². The van der Waals surface area contributed by atoms with Gasteiger partial charge in [-0.1, -0.05) is 6.92 Å². The van der Waals surface area contributed by atoms with Gasteiger partial charge in [0, 0.05) is 24.8 Å². The third-order valence-electron chi connectivity index (χ3n) is 4.46. The van der Waals surface area contributed by atoms with Crippen LogP contribution in [0.3, 0.4) is 0 Å². The van der Waals surface area contributed by atoms with E-state index in [9.17, 15) is 14.0 Å². The zero-order valence-corrected chi connectivity index (χ0v) is 13.1. The van der Waals surface area contributed by atoms with E-state index in [4.69, 9.17) is 0 Å². The van der Waals surface area contributed by atoms with Gasteiger partial charge in [0.25, 0.3) is 5.91 Å². The van der Waals surface area contributed by atoms with Crippen molar-refractivity contribution in [2.75, 3.05) is 31.1 Å². The van der Waals surface area contributed by atoms with Crippen LogP contribution in [0.2, 0.25) is 0 Å². The van der Waals surface area contributed by atoms with Crippen LogP contribution in [0.5, 0.6) is 0 Å². The minimum Gasteiger partial charge on any atom is -0.349 e. The van der Waals surface area contributed by atoms with Gasteiger partial charge in [-0.2, -0.15) is 0 Å². The second kappa shape index (κ2) is 6.54. The van der Waals surface area contributed by atoms with Gasteiger partial charge in [0.2, 0.25) is 0 Å². The van der Waals surface area contributed by atoms with Gasteiger partial charge < -0.3 is 16.0 Å². The molecule has 3 N–H and O–H groups in total. The molecule has 2 heterocycles. The van der Waals surface area contributed by atoms with Crippen molar-refractivity contribution < 1.29 is 14.0 Å². The molecule has 0 bridgehead atoms. The number of urea groups is 1. The maximum atomic E-state index is 14.1. The smallest absolute Gasteiger partial charge is 0.321 e. The predicted molar refractivity (Wildman–Crippen MR) is 85.0 cm³/mol. The Morgan fingerprint density at radius 2 is 2.22 bits per heavy atom. The van der Waals surface area contributed by atoms with E-state index >= 15 is 0 Å². The third kappa shape index (κ3) is 3.29. The normalized spacial score (nSPS) is 24.4. The van der Waals surface area contributed by atoms with Crippen LogP contribution < -0.4 is 20.9 Å². The van der Waals surface area contributed by atoms with E-state index in [1.165, 1.54) is 23.1 Å². The molecule has 0 saturated carbocycles. The Labute approximate surface area is 134 Å². The molecule has 1 aromatic rings. The van der Waals surface area contributed by atoms with Crippen molar-refractivity contribution in [1.82, 2.24) is 16.0 Å². The lowest BCUT2D eigenvalue weighted by molar-refractivity contribution is 0.0910. The van der Waals surface area contributed by atoms with Gasteiger partial charge in [0.1, 0.15) is 5.82 Å². The maximum Gasteiger partial charge on any atom is 0.321 e.